The molecule has 0 saturated carbocycles. The number of nitrogens with one attached hydrogen (secondary N) is 1. The summed E-state index contributed by atoms with van der Waals surface area (Å²) >= 11 is 0. The maximum absolute atomic E-state index is 12.0. The van der Waals surface area contributed by atoms with E-state index in [1.807, 2.05) is 25.7 Å². The molecule has 0 aromatic carbocycles. The second kappa shape index (κ2) is 7.46. The lowest BCUT2D eigenvalue weighted by molar-refractivity contribution is -0.115. The Labute approximate surface area is 142 Å². The van der Waals surface area contributed by atoms with Crippen molar-refractivity contribution in [1.82, 2.24) is 14.9 Å². The summed E-state index contributed by atoms with van der Waals surface area (Å²) in [6.45, 7) is 9.75. The topological polar surface area (TPSA) is 87.7 Å². The zero-order valence-electron chi connectivity index (χ0n) is 14.7. The van der Waals surface area contributed by atoms with Gasteiger partial charge in [-0.25, -0.2) is 14.8 Å². The van der Waals surface area contributed by atoms with Gasteiger partial charge in [0.2, 0.25) is 11.9 Å². The lowest BCUT2D eigenvalue weighted by Crippen LogP contribution is -2.50. The van der Waals surface area contributed by atoms with Gasteiger partial charge in [0.15, 0.2) is 0 Å². The molecule has 0 atom stereocenters. The maximum Gasteiger partial charge on any atom is 0.410 e. The van der Waals surface area contributed by atoms with Crippen LogP contribution < -0.4 is 10.2 Å². The van der Waals surface area contributed by atoms with Gasteiger partial charge in [-0.1, -0.05) is 6.92 Å². The number of anilines is 2. The summed E-state index contributed by atoms with van der Waals surface area (Å²) in [5, 5.41) is 2.71. The van der Waals surface area contributed by atoms with E-state index in [0.29, 0.717) is 44.2 Å². The molecule has 2 rings (SSSR count). The fraction of sp³-hybridized carbons (Fsp3) is 0.625. The van der Waals surface area contributed by atoms with E-state index < -0.39 is 5.60 Å². The standard InChI is InChI=1S/C16H25N5O3/c1-5-13(22)19-12-10-17-14(18-11-12)20-6-8-21(9-7-20)15(23)24-16(2,3)4/h10-11H,5-9H2,1-4H3,(H,19,22). The number of ether oxygens (including phenoxy) is 1. The van der Waals surface area contributed by atoms with Crippen LogP contribution in [0, 0.1) is 0 Å². The van der Waals surface area contributed by atoms with Crippen molar-refractivity contribution >= 4 is 23.6 Å². The molecule has 0 spiro atoms. The molecule has 0 aliphatic carbocycles. The summed E-state index contributed by atoms with van der Waals surface area (Å²) in [6.07, 6.45) is 3.31. The van der Waals surface area contributed by atoms with Crippen molar-refractivity contribution in [3.8, 4) is 0 Å². The quantitative estimate of drug-likeness (QED) is 0.907. The van der Waals surface area contributed by atoms with Gasteiger partial charge < -0.3 is 19.9 Å². The van der Waals surface area contributed by atoms with Gasteiger partial charge in [0, 0.05) is 32.6 Å². The van der Waals surface area contributed by atoms with E-state index in [4.69, 9.17) is 4.74 Å². The molecule has 132 valence electrons. The van der Waals surface area contributed by atoms with Gasteiger partial charge in [-0.15, -0.1) is 0 Å². The van der Waals surface area contributed by atoms with E-state index in [1.165, 1.54) is 0 Å². The number of aromatic nitrogens is 2. The molecule has 1 aliphatic rings. The molecule has 8 nitrogen and oxygen atoms in total. The Hall–Kier alpha value is -2.38. The van der Waals surface area contributed by atoms with E-state index in [1.54, 1.807) is 24.2 Å². The molecule has 2 amide bonds. The minimum Gasteiger partial charge on any atom is -0.444 e. The molecule has 1 N–H and O–H groups in total. The molecule has 0 bridgehead atoms. The average Bonchev–Trinajstić information content (AvgIpc) is 2.54. The Morgan fingerprint density at radius 2 is 1.75 bits per heavy atom. The molecule has 0 unspecified atom stereocenters. The zero-order valence-corrected chi connectivity index (χ0v) is 14.7. The van der Waals surface area contributed by atoms with Gasteiger partial charge in [-0.2, -0.15) is 0 Å². The molecule has 1 fully saturated rings. The van der Waals surface area contributed by atoms with E-state index in [-0.39, 0.29) is 12.0 Å². The molecule has 8 heteroatoms. The number of hydrogen-bond acceptors (Lipinski definition) is 6. The third-order valence-corrected chi connectivity index (χ3v) is 3.46. The van der Waals surface area contributed by atoms with Crippen molar-refractivity contribution in [3.63, 3.8) is 0 Å². The van der Waals surface area contributed by atoms with Crippen LogP contribution in [0.1, 0.15) is 34.1 Å². The van der Waals surface area contributed by atoms with E-state index >= 15 is 0 Å². The van der Waals surface area contributed by atoms with Gasteiger partial charge in [0.25, 0.3) is 0 Å². The lowest BCUT2D eigenvalue weighted by atomic mass is 10.2. The largest absolute Gasteiger partial charge is 0.444 e. The van der Waals surface area contributed by atoms with E-state index in [9.17, 15) is 9.59 Å². The molecule has 1 aliphatic heterocycles. The van der Waals surface area contributed by atoms with E-state index in [2.05, 4.69) is 15.3 Å². The third-order valence-electron chi connectivity index (χ3n) is 3.46. The van der Waals surface area contributed by atoms with Crippen molar-refractivity contribution in [2.24, 2.45) is 0 Å². The van der Waals surface area contributed by atoms with Gasteiger partial charge in [-0.05, 0) is 20.8 Å². The van der Waals surface area contributed by atoms with Gasteiger partial charge in [0.05, 0.1) is 18.1 Å². The SMILES string of the molecule is CCC(=O)Nc1cnc(N2CCN(C(=O)OC(C)(C)C)CC2)nc1. The highest BCUT2D eigenvalue weighted by Gasteiger charge is 2.26. The van der Waals surface area contributed by atoms with Crippen molar-refractivity contribution in [2.45, 2.75) is 39.7 Å². The predicted molar refractivity (Wildman–Crippen MR) is 91.0 cm³/mol. The smallest absolute Gasteiger partial charge is 0.410 e. The number of piperazine rings is 1. The van der Waals surface area contributed by atoms with Crippen molar-refractivity contribution < 1.29 is 14.3 Å². The lowest BCUT2D eigenvalue weighted by Gasteiger charge is -2.35. The van der Waals surface area contributed by atoms with Crippen LogP contribution in [-0.4, -0.2) is 58.6 Å². The van der Waals surface area contributed by atoms with Gasteiger partial charge >= 0.3 is 6.09 Å². The van der Waals surface area contributed by atoms with Crippen molar-refractivity contribution in [1.29, 1.82) is 0 Å². The molecule has 1 aromatic heterocycles. The Balaban J connectivity index is 1.88. The normalized spacial score (nSPS) is 15.2. The number of carbonyl (C=O) groups excluding carboxylic acids is 2. The number of rotatable bonds is 3. The average molecular weight is 335 g/mol. The molecule has 0 radical (unpaired) electrons. The second-order valence-electron chi connectivity index (χ2n) is 6.63. The Kier molecular flexibility index (Phi) is 5.58. The maximum atomic E-state index is 12.0. The minimum absolute atomic E-state index is 0.0719. The second-order valence-corrected chi connectivity index (χ2v) is 6.63. The molecule has 2 heterocycles. The van der Waals surface area contributed by atoms with Crippen molar-refractivity contribution in [3.05, 3.63) is 12.4 Å². The fourth-order valence-corrected chi connectivity index (χ4v) is 2.21. The third kappa shape index (κ3) is 5.07. The summed E-state index contributed by atoms with van der Waals surface area (Å²) in [7, 11) is 0. The first-order valence-electron chi connectivity index (χ1n) is 8.13. The summed E-state index contributed by atoms with van der Waals surface area (Å²) in [4.78, 5) is 35.7. The molecule has 24 heavy (non-hydrogen) atoms. The fourth-order valence-electron chi connectivity index (χ4n) is 2.21. The Bertz CT molecular complexity index is 574. The summed E-state index contributed by atoms with van der Waals surface area (Å²) in [5.41, 5.74) is 0.0915. The number of nitrogens with zero attached hydrogens (tertiary/aromatic N) is 4. The van der Waals surface area contributed by atoms with Crippen LogP contribution in [0.15, 0.2) is 12.4 Å². The van der Waals surface area contributed by atoms with Crippen LogP contribution in [-0.2, 0) is 9.53 Å². The van der Waals surface area contributed by atoms with E-state index in [0.717, 1.165) is 0 Å². The Morgan fingerprint density at radius 1 is 1.17 bits per heavy atom. The summed E-state index contributed by atoms with van der Waals surface area (Å²) in [5.74, 6) is 0.519. The first-order chi connectivity index (χ1) is 11.3. The predicted octanol–water partition coefficient (Wildman–Crippen LogP) is 1.88. The van der Waals surface area contributed by atoms with Crippen molar-refractivity contribution in [2.75, 3.05) is 36.4 Å². The Morgan fingerprint density at radius 3 is 2.25 bits per heavy atom. The first-order valence-corrected chi connectivity index (χ1v) is 8.13. The van der Waals surface area contributed by atoms with Crippen LogP contribution in [0.25, 0.3) is 0 Å². The van der Waals surface area contributed by atoms with Gasteiger partial charge in [-0.3, -0.25) is 4.79 Å². The molecular weight excluding hydrogens is 310 g/mol. The van der Waals surface area contributed by atoms with Crippen LogP contribution in [0.2, 0.25) is 0 Å². The number of carbonyl (C=O) groups is 2. The number of hydrogen-bond donors (Lipinski definition) is 1. The summed E-state index contributed by atoms with van der Waals surface area (Å²) in [6, 6.07) is 0. The highest BCUT2D eigenvalue weighted by atomic mass is 16.6. The van der Waals surface area contributed by atoms with Gasteiger partial charge in [0.1, 0.15) is 5.60 Å². The number of amides is 2. The molecule has 1 saturated heterocycles. The monoisotopic (exact) mass is 335 g/mol. The minimum atomic E-state index is -0.490. The zero-order chi connectivity index (χ0) is 17.7. The van der Waals surface area contributed by atoms with Crippen LogP contribution >= 0.6 is 0 Å². The first kappa shape index (κ1) is 18.0. The highest BCUT2D eigenvalue weighted by molar-refractivity contribution is 5.90. The summed E-state index contributed by atoms with van der Waals surface area (Å²) < 4.78 is 5.38. The molecule has 1 aromatic rings. The van der Waals surface area contributed by atoms with Crippen LogP contribution in [0.5, 0.6) is 0 Å². The van der Waals surface area contributed by atoms with Crippen LogP contribution in [0.3, 0.4) is 0 Å². The highest BCUT2D eigenvalue weighted by Crippen LogP contribution is 2.15. The molecular formula is C16H25N5O3. The van der Waals surface area contributed by atoms with Crippen LogP contribution in [0.4, 0.5) is 16.4 Å².